The van der Waals surface area contributed by atoms with Crippen molar-refractivity contribution in [1.29, 1.82) is 0 Å². The van der Waals surface area contributed by atoms with Crippen LogP contribution in [0.1, 0.15) is 21.5 Å². The fourth-order valence-corrected chi connectivity index (χ4v) is 4.27. The Morgan fingerprint density at radius 2 is 1.68 bits per heavy atom. The minimum Gasteiger partial charge on any atom is -0.496 e. The Labute approximate surface area is 187 Å². The molecule has 3 aromatic rings. The number of anilines is 1. The molecule has 0 heterocycles. The van der Waals surface area contributed by atoms with Gasteiger partial charge in [-0.2, -0.15) is 4.31 Å². The molecule has 8 heteroatoms. The van der Waals surface area contributed by atoms with E-state index >= 15 is 0 Å². The van der Waals surface area contributed by atoms with Crippen molar-refractivity contribution in [3.05, 3.63) is 88.4 Å². The van der Waals surface area contributed by atoms with E-state index in [2.05, 4.69) is 5.32 Å². The molecule has 0 saturated heterocycles. The summed E-state index contributed by atoms with van der Waals surface area (Å²) in [7, 11) is -0.773. The standard InChI is InChI=1S/C23H23ClN2O4S/c1-16-4-9-20(10-5-16)25-23(27)17-6-13-22(30-3)18(14-17)15-26(2)31(28,29)21-11-7-19(24)8-12-21/h4-14H,15H2,1-3H3,(H,25,27). The van der Waals surface area contributed by atoms with E-state index in [-0.39, 0.29) is 17.3 Å². The Morgan fingerprint density at radius 3 is 2.29 bits per heavy atom. The monoisotopic (exact) mass is 458 g/mol. The number of sulfonamides is 1. The van der Waals surface area contributed by atoms with Gasteiger partial charge in [0.2, 0.25) is 10.0 Å². The zero-order chi connectivity index (χ0) is 22.6. The Morgan fingerprint density at radius 1 is 1.03 bits per heavy atom. The molecule has 0 aromatic heterocycles. The molecule has 6 nitrogen and oxygen atoms in total. The van der Waals surface area contributed by atoms with E-state index in [9.17, 15) is 13.2 Å². The van der Waals surface area contributed by atoms with Gasteiger partial charge in [-0.1, -0.05) is 29.3 Å². The number of aryl methyl sites for hydroxylation is 1. The molecule has 0 aliphatic heterocycles. The van der Waals surface area contributed by atoms with Crippen LogP contribution in [0.2, 0.25) is 5.02 Å². The molecule has 3 rings (SSSR count). The number of nitrogens with zero attached hydrogens (tertiary/aromatic N) is 1. The number of amides is 1. The fourth-order valence-electron chi connectivity index (χ4n) is 2.99. The predicted octanol–water partition coefficient (Wildman–Crippen LogP) is 4.73. The van der Waals surface area contributed by atoms with Crippen LogP contribution in [0, 0.1) is 6.92 Å². The van der Waals surface area contributed by atoms with Gasteiger partial charge >= 0.3 is 0 Å². The fraction of sp³-hybridized carbons (Fsp3) is 0.174. The van der Waals surface area contributed by atoms with Crippen molar-refractivity contribution >= 4 is 33.2 Å². The van der Waals surface area contributed by atoms with Gasteiger partial charge in [-0.3, -0.25) is 4.79 Å². The van der Waals surface area contributed by atoms with Gasteiger partial charge in [-0.05, 0) is 61.5 Å². The van der Waals surface area contributed by atoms with Crippen LogP contribution in [0.25, 0.3) is 0 Å². The highest BCUT2D eigenvalue weighted by molar-refractivity contribution is 7.89. The van der Waals surface area contributed by atoms with Crippen molar-refractivity contribution in [3.8, 4) is 5.75 Å². The maximum atomic E-state index is 12.9. The van der Waals surface area contributed by atoms with E-state index < -0.39 is 10.0 Å². The van der Waals surface area contributed by atoms with E-state index in [4.69, 9.17) is 16.3 Å². The predicted molar refractivity (Wildman–Crippen MR) is 122 cm³/mol. The number of hydrogen-bond acceptors (Lipinski definition) is 4. The van der Waals surface area contributed by atoms with Crippen LogP contribution in [-0.4, -0.2) is 32.8 Å². The first kappa shape index (κ1) is 22.8. The molecule has 0 aliphatic rings. The molecule has 0 fully saturated rings. The average molecular weight is 459 g/mol. The van der Waals surface area contributed by atoms with Crippen molar-refractivity contribution in [3.63, 3.8) is 0 Å². The third-order valence-electron chi connectivity index (χ3n) is 4.77. The van der Waals surface area contributed by atoms with Crippen molar-refractivity contribution < 1.29 is 17.9 Å². The second-order valence-electron chi connectivity index (χ2n) is 7.06. The Hall–Kier alpha value is -2.87. The van der Waals surface area contributed by atoms with Crippen LogP contribution in [0.4, 0.5) is 5.69 Å². The maximum Gasteiger partial charge on any atom is 0.255 e. The van der Waals surface area contributed by atoms with Gasteiger partial charge in [0.15, 0.2) is 0 Å². The van der Waals surface area contributed by atoms with Crippen LogP contribution in [0.15, 0.2) is 71.6 Å². The molecule has 1 N–H and O–H groups in total. The topological polar surface area (TPSA) is 75.7 Å². The molecule has 1 amide bonds. The lowest BCUT2D eigenvalue weighted by molar-refractivity contribution is 0.102. The molecular formula is C23H23ClN2O4S. The molecule has 0 aliphatic carbocycles. The SMILES string of the molecule is COc1ccc(C(=O)Nc2ccc(C)cc2)cc1CN(C)S(=O)(=O)c1ccc(Cl)cc1. The molecule has 0 bridgehead atoms. The van der Waals surface area contributed by atoms with Gasteiger partial charge in [0, 0.05) is 35.4 Å². The zero-order valence-electron chi connectivity index (χ0n) is 17.4. The van der Waals surface area contributed by atoms with Crippen molar-refractivity contribution in [2.75, 3.05) is 19.5 Å². The van der Waals surface area contributed by atoms with E-state index in [0.29, 0.717) is 27.6 Å². The van der Waals surface area contributed by atoms with E-state index in [1.807, 2.05) is 31.2 Å². The summed E-state index contributed by atoms with van der Waals surface area (Å²) >= 11 is 5.86. The highest BCUT2D eigenvalue weighted by Crippen LogP contribution is 2.25. The average Bonchev–Trinajstić information content (AvgIpc) is 2.75. The molecular weight excluding hydrogens is 436 g/mol. The van der Waals surface area contributed by atoms with Gasteiger partial charge < -0.3 is 10.1 Å². The molecule has 31 heavy (non-hydrogen) atoms. The Bertz CT molecular complexity index is 1180. The van der Waals surface area contributed by atoms with Crippen LogP contribution in [0.5, 0.6) is 5.75 Å². The molecule has 0 saturated carbocycles. The summed E-state index contributed by atoms with van der Waals surface area (Å²) < 4.78 is 32.4. The molecule has 0 atom stereocenters. The summed E-state index contributed by atoms with van der Waals surface area (Å²) in [6.45, 7) is 2.00. The molecule has 0 spiro atoms. The number of halogens is 1. The molecule has 0 radical (unpaired) electrons. The number of carbonyl (C=O) groups is 1. The number of benzene rings is 3. The number of methoxy groups -OCH3 is 1. The van der Waals surface area contributed by atoms with Gasteiger partial charge in [-0.15, -0.1) is 0 Å². The summed E-state index contributed by atoms with van der Waals surface area (Å²) in [6, 6.07) is 18.4. The summed E-state index contributed by atoms with van der Waals surface area (Å²) in [5.41, 5.74) is 2.73. The molecule has 0 unspecified atom stereocenters. The first-order valence-corrected chi connectivity index (χ1v) is 11.3. The third kappa shape index (κ3) is 5.44. The smallest absolute Gasteiger partial charge is 0.255 e. The van der Waals surface area contributed by atoms with E-state index in [1.54, 1.807) is 18.2 Å². The highest BCUT2D eigenvalue weighted by atomic mass is 35.5. The Balaban J connectivity index is 1.83. The van der Waals surface area contributed by atoms with E-state index in [1.165, 1.54) is 42.7 Å². The van der Waals surface area contributed by atoms with E-state index in [0.717, 1.165) is 5.56 Å². The lowest BCUT2D eigenvalue weighted by atomic mass is 10.1. The van der Waals surface area contributed by atoms with Crippen molar-refractivity contribution in [2.45, 2.75) is 18.4 Å². The van der Waals surface area contributed by atoms with Crippen LogP contribution < -0.4 is 10.1 Å². The number of ether oxygens (including phenoxy) is 1. The number of nitrogens with one attached hydrogen (secondary N) is 1. The first-order valence-electron chi connectivity index (χ1n) is 9.47. The normalized spacial score (nSPS) is 11.4. The number of rotatable bonds is 7. The Kier molecular flexibility index (Phi) is 7.00. The minimum absolute atomic E-state index is 0.0276. The quantitative estimate of drug-likeness (QED) is 0.555. The van der Waals surface area contributed by atoms with Crippen LogP contribution in [0.3, 0.4) is 0 Å². The first-order chi connectivity index (χ1) is 14.7. The highest BCUT2D eigenvalue weighted by Gasteiger charge is 2.22. The van der Waals surface area contributed by atoms with Gasteiger partial charge in [0.05, 0.1) is 12.0 Å². The third-order valence-corrected chi connectivity index (χ3v) is 6.84. The lowest BCUT2D eigenvalue weighted by Gasteiger charge is -2.19. The van der Waals surface area contributed by atoms with Crippen LogP contribution >= 0.6 is 11.6 Å². The summed E-state index contributed by atoms with van der Waals surface area (Å²) in [5.74, 6) is 0.195. The van der Waals surface area contributed by atoms with Crippen LogP contribution in [-0.2, 0) is 16.6 Å². The largest absolute Gasteiger partial charge is 0.496 e. The molecule has 3 aromatic carbocycles. The van der Waals surface area contributed by atoms with Gasteiger partial charge in [0.25, 0.3) is 5.91 Å². The maximum absolute atomic E-state index is 12.9. The van der Waals surface area contributed by atoms with Gasteiger partial charge in [0.1, 0.15) is 5.75 Å². The second-order valence-corrected chi connectivity index (χ2v) is 9.54. The summed E-state index contributed by atoms with van der Waals surface area (Å²) in [5, 5.41) is 3.29. The lowest BCUT2D eigenvalue weighted by Crippen LogP contribution is -2.27. The number of hydrogen-bond donors (Lipinski definition) is 1. The van der Waals surface area contributed by atoms with Crippen molar-refractivity contribution in [1.82, 2.24) is 4.31 Å². The minimum atomic E-state index is -3.75. The molecule has 162 valence electrons. The summed E-state index contributed by atoms with van der Waals surface area (Å²) in [6.07, 6.45) is 0. The zero-order valence-corrected chi connectivity index (χ0v) is 19.0. The van der Waals surface area contributed by atoms with Gasteiger partial charge in [-0.25, -0.2) is 8.42 Å². The van der Waals surface area contributed by atoms with Crippen molar-refractivity contribution in [2.24, 2.45) is 0 Å². The second kappa shape index (κ2) is 9.51. The number of carbonyl (C=O) groups excluding carboxylic acids is 1. The summed E-state index contributed by atoms with van der Waals surface area (Å²) in [4.78, 5) is 12.8.